The van der Waals surface area contributed by atoms with Gasteiger partial charge < -0.3 is 10.5 Å². The average Bonchev–Trinajstić information content (AvgIpc) is 2.28. The van der Waals surface area contributed by atoms with E-state index in [1.807, 2.05) is 0 Å². The second-order valence-corrected chi connectivity index (χ2v) is 3.92. The van der Waals surface area contributed by atoms with Crippen LogP contribution in [0.5, 0.6) is 0 Å². The molecule has 1 heterocycles. The van der Waals surface area contributed by atoms with Crippen molar-refractivity contribution in [3.63, 3.8) is 0 Å². The Hall–Kier alpha value is -1.08. The lowest BCUT2D eigenvalue weighted by Crippen LogP contribution is -2.15. The normalized spacial score (nSPS) is 10.7. The number of hydrogen-bond donors (Lipinski definition) is 1. The van der Waals surface area contributed by atoms with Crippen molar-refractivity contribution in [2.45, 2.75) is 19.9 Å². The van der Waals surface area contributed by atoms with E-state index in [4.69, 9.17) is 10.5 Å². The van der Waals surface area contributed by atoms with Crippen LogP contribution >= 0.6 is 15.9 Å². The molecule has 0 saturated carbocycles. The molecule has 1 aromatic heterocycles. The summed E-state index contributed by atoms with van der Waals surface area (Å²) >= 11 is 3.08. The lowest BCUT2D eigenvalue weighted by Gasteiger charge is -2.12. The van der Waals surface area contributed by atoms with E-state index in [2.05, 4.69) is 20.9 Å². The highest BCUT2D eigenvalue weighted by Gasteiger charge is 2.23. The first kappa shape index (κ1) is 14.0. The van der Waals surface area contributed by atoms with Gasteiger partial charge in [0.1, 0.15) is 5.69 Å². The highest BCUT2D eigenvalue weighted by Crippen LogP contribution is 2.28. The van der Waals surface area contributed by atoms with Gasteiger partial charge in [0.05, 0.1) is 16.6 Å². The van der Waals surface area contributed by atoms with Gasteiger partial charge >= 0.3 is 5.97 Å². The van der Waals surface area contributed by atoms with Crippen molar-refractivity contribution in [1.29, 1.82) is 0 Å². The smallest absolute Gasteiger partial charge is 0.339 e. The predicted octanol–water partition coefficient (Wildman–Crippen LogP) is 2.42. The summed E-state index contributed by atoms with van der Waals surface area (Å²) in [7, 11) is 0. The summed E-state index contributed by atoms with van der Waals surface area (Å²) in [5.74, 6) is -0.691. The zero-order valence-corrected chi connectivity index (χ0v) is 10.6. The standard InChI is InChI=1S/C10H11BrF2N2O2/c1-2-17-10(16)7-5(3-14)8(9(12)13)15-4-6(7)11/h4,9H,2-3,14H2,1H3. The summed E-state index contributed by atoms with van der Waals surface area (Å²) in [6.07, 6.45) is -1.64. The molecule has 0 aliphatic heterocycles. The Labute approximate surface area is 105 Å². The summed E-state index contributed by atoms with van der Waals surface area (Å²) in [6, 6.07) is 0. The summed E-state index contributed by atoms with van der Waals surface area (Å²) < 4.78 is 30.5. The number of carbonyl (C=O) groups excluding carboxylic acids is 1. The van der Waals surface area contributed by atoms with E-state index in [0.717, 1.165) is 6.20 Å². The Morgan fingerprint density at radius 1 is 1.65 bits per heavy atom. The molecule has 7 heteroatoms. The van der Waals surface area contributed by atoms with Crippen molar-refractivity contribution < 1.29 is 18.3 Å². The van der Waals surface area contributed by atoms with Gasteiger partial charge in [-0.05, 0) is 22.9 Å². The van der Waals surface area contributed by atoms with Crippen LogP contribution in [0.15, 0.2) is 10.7 Å². The Morgan fingerprint density at radius 3 is 2.76 bits per heavy atom. The molecule has 0 unspecified atom stereocenters. The van der Waals surface area contributed by atoms with Gasteiger partial charge in [-0.3, -0.25) is 4.98 Å². The van der Waals surface area contributed by atoms with Crippen LogP contribution in [0.4, 0.5) is 8.78 Å². The number of esters is 1. The SMILES string of the molecule is CCOC(=O)c1c(Br)cnc(C(F)F)c1CN. The van der Waals surface area contributed by atoms with E-state index in [1.165, 1.54) is 0 Å². The fourth-order valence-electron chi connectivity index (χ4n) is 1.36. The third-order valence-corrected chi connectivity index (χ3v) is 2.66. The van der Waals surface area contributed by atoms with Gasteiger partial charge in [-0.2, -0.15) is 0 Å². The van der Waals surface area contributed by atoms with E-state index in [1.54, 1.807) is 6.92 Å². The van der Waals surface area contributed by atoms with Crippen molar-refractivity contribution in [2.75, 3.05) is 6.61 Å². The van der Waals surface area contributed by atoms with E-state index < -0.39 is 18.1 Å². The van der Waals surface area contributed by atoms with Crippen molar-refractivity contribution in [1.82, 2.24) is 4.98 Å². The Kier molecular flexibility index (Phi) is 4.95. The third kappa shape index (κ3) is 2.98. The molecule has 4 nitrogen and oxygen atoms in total. The first-order valence-electron chi connectivity index (χ1n) is 4.85. The van der Waals surface area contributed by atoms with Gasteiger partial charge in [-0.1, -0.05) is 0 Å². The predicted molar refractivity (Wildman–Crippen MR) is 60.7 cm³/mol. The van der Waals surface area contributed by atoms with Crippen molar-refractivity contribution in [3.8, 4) is 0 Å². The van der Waals surface area contributed by atoms with Gasteiger partial charge in [0, 0.05) is 18.3 Å². The van der Waals surface area contributed by atoms with Crippen LogP contribution in [0.1, 0.15) is 35.0 Å². The molecule has 0 amide bonds. The van der Waals surface area contributed by atoms with Crippen LogP contribution in [0.3, 0.4) is 0 Å². The van der Waals surface area contributed by atoms with E-state index >= 15 is 0 Å². The van der Waals surface area contributed by atoms with E-state index in [9.17, 15) is 13.6 Å². The highest BCUT2D eigenvalue weighted by molar-refractivity contribution is 9.10. The van der Waals surface area contributed by atoms with Gasteiger partial charge in [-0.25, -0.2) is 13.6 Å². The minimum Gasteiger partial charge on any atom is -0.462 e. The fourth-order valence-corrected chi connectivity index (χ4v) is 1.86. The monoisotopic (exact) mass is 308 g/mol. The number of hydrogen-bond acceptors (Lipinski definition) is 4. The molecular formula is C10H11BrF2N2O2. The maximum absolute atomic E-state index is 12.7. The number of carbonyl (C=O) groups is 1. The molecule has 0 aliphatic carbocycles. The molecule has 0 fully saturated rings. The number of halogens is 3. The number of ether oxygens (including phenoxy) is 1. The molecule has 1 rings (SSSR count). The van der Waals surface area contributed by atoms with Crippen LogP contribution in [0.25, 0.3) is 0 Å². The molecule has 0 atom stereocenters. The van der Waals surface area contributed by atoms with E-state index in [-0.39, 0.29) is 24.3 Å². The summed E-state index contributed by atoms with van der Waals surface area (Å²) in [5, 5.41) is 0. The van der Waals surface area contributed by atoms with E-state index in [0.29, 0.717) is 4.47 Å². The Balaban J connectivity index is 3.35. The maximum atomic E-state index is 12.7. The molecule has 0 spiro atoms. The minimum absolute atomic E-state index is 0.00725. The quantitative estimate of drug-likeness (QED) is 0.868. The molecular weight excluding hydrogens is 298 g/mol. The maximum Gasteiger partial charge on any atom is 0.339 e. The fraction of sp³-hybridized carbons (Fsp3) is 0.400. The average molecular weight is 309 g/mol. The Bertz CT molecular complexity index is 427. The summed E-state index contributed by atoms with van der Waals surface area (Å²) in [5.41, 5.74) is 4.92. The molecule has 1 aromatic rings. The van der Waals surface area contributed by atoms with Crippen LogP contribution in [0.2, 0.25) is 0 Å². The lowest BCUT2D eigenvalue weighted by atomic mass is 10.1. The number of pyridine rings is 1. The molecule has 0 aromatic carbocycles. The highest BCUT2D eigenvalue weighted by atomic mass is 79.9. The van der Waals surface area contributed by atoms with Crippen molar-refractivity contribution in [2.24, 2.45) is 5.73 Å². The number of aromatic nitrogens is 1. The minimum atomic E-state index is -2.78. The Morgan fingerprint density at radius 2 is 2.29 bits per heavy atom. The number of nitrogens with two attached hydrogens (primary N) is 1. The molecule has 17 heavy (non-hydrogen) atoms. The zero-order valence-electron chi connectivity index (χ0n) is 9.04. The molecule has 94 valence electrons. The topological polar surface area (TPSA) is 65.2 Å². The van der Waals surface area contributed by atoms with Crippen LogP contribution < -0.4 is 5.73 Å². The number of alkyl halides is 2. The first-order chi connectivity index (χ1) is 8.02. The van der Waals surface area contributed by atoms with Crippen molar-refractivity contribution in [3.05, 3.63) is 27.5 Å². The number of rotatable bonds is 4. The van der Waals surface area contributed by atoms with Gasteiger partial charge in [0.2, 0.25) is 0 Å². The third-order valence-electron chi connectivity index (χ3n) is 2.06. The lowest BCUT2D eigenvalue weighted by molar-refractivity contribution is 0.0523. The van der Waals surface area contributed by atoms with Crippen LogP contribution in [-0.2, 0) is 11.3 Å². The molecule has 0 bridgehead atoms. The largest absolute Gasteiger partial charge is 0.462 e. The van der Waals surface area contributed by atoms with Crippen molar-refractivity contribution >= 4 is 21.9 Å². The second-order valence-electron chi connectivity index (χ2n) is 3.07. The summed E-state index contributed by atoms with van der Waals surface area (Å²) in [6.45, 7) is 1.57. The van der Waals surface area contributed by atoms with Gasteiger partial charge in [0.25, 0.3) is 6.43 Å². The first-order valence-corrected chi connectivity index (χ1v) is 5.64. The van der Waals surface area contributed by atoms with Crippen LogP contribution in [-0.4, -0.2) is 17.6 Å². The zero-order chi connectivity index (χ0) is 13.0. The number of nitrogens with zero attached hydrogens (tertiary/aromatic N) is 1. The molecule has 0 saturated heterocycles. The molecule has 0 aliphatic rings. The second kappa shape index (κ2) is 6.02. The molecule has 2 N–H and O–H groups in total. The van der Waals surface area contributed by atoms with Gasteiger partial charge in [0.15, 0.2) is 0 Å². The van der Waals surface area contributed by atoms with Gasteiger partial charge in [-0.15, -0.1) is 0 Å². The molecule has 0 radical (unpaired) electrons. The van der Waals surface area contributed by atoms with Crippen LogP contribution in [0, 0.1) is 0 Å². The summed E-state index contributed by atoms with van der Waals surface area (Å²) in [4.78, 5) is 15.2.